The predicted molar refractivity (Wildman–Crippen MR) is 64.9 cm³/mol. The largest absolute Gasteiger partial charge is 0.301 e. The van der Waals surface area contributed by atoms with Gasteiger partial charge >= 0.3 is 0 Å². The number of rotatable bonds is 2. The third-order valence-electron chi connectivity index (χ3n) is 2.48. The van der Waals surface area contributed by atoms with Gasteiger partial charge in [0.15, 0.2) is 0 Å². The normalized spacial score (nSPS) is 26.2. The van der Waals surface area contributed by atoms with E-state index in [1.165, 1.54) is 16.9 Å². The number of nitrogens with zero attached hydrogens (tertiary/aromatic N) is 2. The molecular weight excluding hydrogens is 194 g/mol. The minimum Gasteiger partial charge on any atom is -0.301 e. The molecule has 80 valence electrons. The van der Waals surface area contributed by atoms with Gasteiger partial charge in [-0.2, -0.15) is 0 Å². The van der Waals surface area contributed by atoms with E-state index in [4.69, 9.17) is 0 Å². The summed E-state index contributed by atoms with van der Waals surface area (Å²) in [6, 6.07) is 0.316. The molecule has 3 nitrogen and oxygen atoms in total. The van der Waals surface area contributed by atoms with Crippen molar-refractivity contribution in [3.05, 3.63) is 11.1 Å². The summed E-state index contributed by atoms with van der Waals surface area (Å²) in [5.41, 5.74) is 3.85. The van der Waals surface area contributed by atoms with Crippen molar-refractivity contribution in [1.82, 2.24) is 9.62 Å². The van der Waals surface area contributed by atoms with E-state index < -0.39 is 0 Å². The Balaban J connectivity index is 2.93. The molecule has 0 aromatic rings. The molecule has 1 aliphatic heterocycles. The lowest BCUT2D eigenvalue weighted by molar-refractivity contribution is 0.524. The van der Waals surface area contributed by atoms with Crippen molar-refractivity contribution in [1.29, 1.82) is 0 Å². The standard InChI is InChI=1S/C10H19N3S/c1-7(2)9-5-13(14)8(3)10(9)12-6-11-4/h8,11,14H,5-6H2,1-4H3. The third-order valence-corrected chi connectivity index (χ3v) is 2.97. The lowest BCUT2D eigenvalue weighted by Gasteiger charge is -2.11. The van der Waals surface area contributed by atoms with Gasteiger partial charge in [-0.05, 0) is 33.4 Å². The minimum atomic E-state index is 0.316. The van der Waals surface area contributed by atoms with Crippen molar-refractivity contribution in [2.45, 2.75) is 26.8 Å². The van der Waals surface area contributed by atoms with Gasteiger partial charge in [-0.3, -0.25) is 4.99 Å². The molecule has 1 rings (SSSR count). The summed E-state index contributed by atoms with van der Waals surface area (Å²) in [7, 11) is 1.91. The van der Waals surface area contributed by atoms with E-state index in [0.717, 1.165) is 6.54 Å². The van der Waals surface area contributed by atoms with E-state index in [1.54, 1.807) is 0 Å². The van der Waals surface area contributed by atoms with Gasteiger partial charge in [-0.15, -0.1) is 0 Å². The first-order valence-electron chi connectivity index (χ1n) is 4.89. The average Bonchev–Trinajstić information content (AvgIpc) is 2.41. The molecule has 0 aliphatic carbocycles. The summed E-state index contributed by atoms with van der Waals surface area (Å²) in [4.78, 5) is 4.53. The lowest BCUT2D eigenvalue weighted by atomic mass is 10.1. The Bertz CT molecular complexity index is 267. The highest BCUT2D eigenvalue weighted by Crippen LogP contribution is 2.24. The van der Waals surface area contributed by atoms with Crippen LogP contribution in [-0.4, -0.2) is 36.3 Å². The van der Waals surface area contributed by atoms with Gasteiger partial charge in [0.1, 0.15) is 0 Å². The molecule has 1 aliphatic rings. The van der Waals surface area contributed by atoms with Gasteiger partial charge in [0, 0.05) is 6.54 Å². The van der Waals surface area contributed by atoms with Crippen LogP contribution in [-0.2, 0) is 0 Å². The SMILES string of the molecule is CNCN=C1C(=C(C)C)CN(S)C1C. The predicted octanol–water partition coefficient (Wildman–Crippen LogP) is 1.49. The maximum Gasteiger partial charge on any atom is 0.0886 e. The molecule has 0 aromatic heterocycles. The van der Waals surface area contributed by atoms with Crippen LogP contribution in [0.5, 0.6) is 0 Å². The number of thiol groups is 1. The van der Waals surface area contributed by atoms with Crippen LogP contribution in [0.2, 0.25) is 0 Å². The van der Waals surface area contributed by atoms with E-state index >= 15 is 0 Å². The highest BCUT2D eigenvalue weighted by Gasteiger charge is 2.29. The third kappa shape index (κ3) is 2.38. The van der Waals surface area contributed by atoms with Gasteiger partial charge < -0.3 is 5.32 Å². The van der Waals surface area contributed by atoms with Crippen LogP contribution in [0.15, 0.2) is 16.1 Å². The van der Waals surface area contributed by atoms with Crippen LogP contribution in [0, 0.1) is 0 Å². The maximum absolute atomic E-state index is 4.53. The molecule has 0 saturated carbocycles. The summed E-state index contributed by atoms with van der Waals surface area (Å²) in [6.45, 7) is 7.97. The molecular formula is C10H19N3S. The number of allylic oxidation sites excluding steroid dienone is 1. The second-order valence-corrected chi connectivity index (χ2v) is 4.32. The van der Waals surface area contributed by atoms with Crippen molar-refractivity contribution in [2.75, 3.05) is 20.3 Å². The van der Waals surface area contributed by atoms with E-state index in [9.17, 15) is 0 Å². The van der Waals surface area contributed by atoms with Crippen LogP contribution in [0.3, 0.4) is 0 Å². The zero-order valence-electron chi connectivity index (χ0n) is 9.33. The average molecular weight is 213 g/mol. The lowest BCUT2D eigenvalue weighted by Crippen LogP contribution is -2.22. The van der Waals surface area contributed by atoms with Crippen LogP contribution in [0.4, 0.5) is 0 Å². The van der Waals surface area contributed by atoms with Crippen molar-refractivity contribution >= 4 is 18.5 Å². The Labute approximate surface area is 91.8 Å². The molecule has 1 saturated heterocycles. The van der Waals surface area contributed by atoms with Crippen LogP contribution in [0.1, 0.15) is 20.8 Å². The number of nitrogens with one attached hydrogen (secondary N) is 1. The fourth-order valence-electron chi connectivity index (χ4n) is 1.58. The molecule has 14 heavy (non-hydrogen) atoms. The molecule has 1 N–H and O–H groups in total. The molecule has 0 radical (unpaired) electrons. The maximum atomic E-state index is 4.53. The Morgan fingerprint density at radius 3 is 2.79 bits per heavy atom. The van der Waals surface area contributed by atoms with E-state index in [1.807, 2.05) is 11.4 Å². The first-order chi connectivity index (χ1) is 6.57. The summed E-state index contributed by atoms with van der Waals surface area (Å²) in [5.74, 6) is 0. The summed E-state index contributed by atoms with van der Waals surface area (Å²) in [5, 5.41) is 3.04. The topological polar surface area (TPSA) is 27.6 Å². The van der Waals surface area contributed by atoms with E-state index in [0.29, 0.717) is 12.7 Å². The van der Waals surface area contributed by atoms with Gasteiger partial charge in [0.2, 0.25) is 0 Å². The molecule has 1 atom stereocenters. The first-order valence-corrected chi connectivity index (χ1v) is 5.29. The Hall–Kier alpha value is -0.320. The zero-order valence-corrected chi connectivity index (χ0v) is 10.2. The summed E-state index contributed by atoms with van der Waals surface area (Å²) < 4.78 is 2.02. The fourth-order valence-corrected chi connectivity index (χ4v) is 1.83. The summed E-state index contributed by atoms with van der Waals surface area (Å²) >= 11 is 4.42. The van der Waals surface area contributed by atoms with Crippen LogP contribution < -0.4 is 5.32 Å². The van der Waals surface area contributed by atoms with Gasteiger partial charge in [-0.25, -0.2) is 4.31 Å². The molecule has 1 heterocycles. The molecule has 0 amide bonds. The molecule has 1 fully saturated rings. The second-order valence-electron chi connectivity index (χ2n) is 3.81. The Morgan fingerprint density at radius 2 is 2.29 bits per heavy atom. The van der Waals surface area contributed by atoms with Crippen molar-refractivity contribution in [3.8, 4) is 0 Å². The van der Waals surface area contributed by atoms with Crippen LogP contribution in [0.25, 0.3) is 0 Å². The molecule has 0 aromatic carbocycles. The molecule has 4 heteroatoms. The van der Waals surface area contributed by atoms with Gasteiger partial charge in [-0.1, -0.05) is 18.4 Å². The number of aliphatic imine (C=N–C) groups is 1. The van der Waals surface area contributed by atoms with Gasteiger partial charge in [0.05, 0.1) is 18.4 Å². The number of hydrogen-bond donors (Lipinski definition) is 2. The zero-order chi connectivity index (χ0) is 10.7. The Kier molecular flexibility index (Phi) is 4.16. The number of hydrogen-bond acceptors (Lipinski definition) is 4. The van der Waals surface area contributed by atoms with Gasteiger partial charge in [0.25, 0.3) is 0 Å². The van der Waals surface area contributed by atoms with Crippen molar-refractivity contribution in [3.63, 3.8) is 0 Å². The quantitative estimate of drug-likeness (QED) is 0.680. The smallest absolute Gasteiger partial charge is 0.0886 e. The van der Waals surface area contributed by atoms with Crippen molar-refractivity contribution in [2.24, 2.45) is 4.99 Å². The first kappa shape index (κ1) is 11.8. The monoisotopic (exact) mass is 213 g/mol. The Morgan fingerprint density at radius 1 is 1.64 bits per heavy atom. The molecule has 1 unspecified atom stereocenters. The van der Waals surface area contributed by atoms with Crippen molar-refractivity contribution < 1.29 is 0 Å². The van der Waals surface area contributed by atoms with E-state index in [2.05, 4.69) is 43.9 Å². The molecule has 0 spiro atoms. The highest BCUT2D eigenvalue weighted by molar-refractivity contribution is 7.77. The highest BCUT2D eigenvalue weighted by atomic mass is 32.1. The second kappa shape index (κ2) is 4.96. The van der Waals surface area contributed by atoms with Crippen LogP contribution >= 0.6 is 12.8 Å². The molecule has 0 bridgehead atoms. The summed E-state index contributed by atoms with van der Waals surface area (Å²) in [6.07, 6.45) is 0. The van der Waals surface area contributed by atoms with E-state index in [-0.39, 0.29) is 0 Å². The minimum absolute atomic E-state index is 0.316. The fraction of sp³-hybridized carbons (Fsp3) is 0.700.